The van der Waals surface area contributed by atoms with E-state index in [9.17, 15) is 0 Å². The molecule has 3 heteroatoms. The van der Waals surface area contributed by atoms with E-state index in [-0.39, 0.29) is 5.54 Å². The van der Waals surface area contributed by atoms with Gasteiger partial charge in [-0.2, -0.15) is 0 Å². The van der Waals surface area contributed by atoms with Crippen LogP contribution in [0.4, 0.5) is 5.69 Å². The van der Waals surface area contributed by atoms with Gasteiger partial charge in [-0.15, -0.1) is 0 Å². The summed E-state index contributed by atoms with van der Waals surface area (Å²) >= 11 is 0. The van der Waals surface area contributed by atoms with Crippen molar-refractivity contribution in [3.63, 3.8) is 0 Å². The Bertz CT molecular complexity index is 1230. The number of rotatable bonds is 1. The van der Waals surface area contributed by atoms with Gasteiger partial charge in [0.2, 0.25) is 5.71 Å². The topological polar surface area (TPSA) is 29.3 Å². The van der Waals surface area contributed by atoms with E-state index >= 15 is 0 Å². The van der Waals surface area contributed by atoms with Gasteiger partial charge in [0, 0.05) is 17.0 Å². The second-order valence-corrected chi connectivity index (χ2v) is 8.79. The summed E-state index contributed by atoms with van der Waals surface area (Å²) in [5, 5.41) is 2.27. The van der Waals surface area contributed by atoms with Gasteiger partial charge in [-0.05, 0) is 55.5 Å². The highest BCUT2D eigenvalue weighted by atomic mass is 16.3. The number of aryl methyl sites for hydroxylation is 1. The Balaban J connectivity index is 1.67. The summed E-state index contributed by atoms with van der Waals surface area (Å²) in [7, 11) is 0. The Labute approximate surface area is 171 Å². The molecule has 0 N–H and O–H groups in total. The van der Waals surface area contributed by atoms with Gasteiger partial charge in [0.25, 0.3) is 0 Å². The maximum Gasteiger partial charge on any atom is 0.227 e. The Morgan fingerprint density at radius 1 is 0.966 bits per heavy atom. The van der Waals surface area contributed by atoms with Crippen molar-refractivity contribution < 1.29 is 4.42 Å². The molecular formula is C26H26N2O. The summed E-state index contributed by atoms with van der Waals surface area (Å²) in [6, 6.07) is 18.0. The minimum Gasteiger partial charge on any atom is -0.436 e. The Kier molecular flexibility index (Phi) is 3.59. The molecule has 1 spiro atoms. The van der Waals surface area contributed by atoms with E-state index in [1.807, 2.05) is 12.3 Å². The molecule has 146 valence electrons. The molecule has 3 heterocycles. The monoisotopic (exact) mass is 382 g/mol. The van der Waals surface area contributed by atoms with E-state index in [4.69, 9.17) is 4.42 Å². The van der Waals surface area contributed by atoms with E-state index in [1.54, 1.807) is 0 Å². The average Bonchev–Trinajstić information content (AvgIpc) is 3.24. The number of nitrogens with zero attached hydrogens (tertiary/aromatic N) is 2. The predicted octanol–water partition coefficient (Wildman–Crippen LogP) is 7.03. The van der Waals surface area contributed by atoms with Crippen LogP contribution in [0.25, 0.3) is 22.1 Å². The van der Waals surface area contributed by atoms with Gasteiger partial charge in [0.15, 0.2) is 5.58 Å². The molecular weight excluding hydrogens is 356 g/mol. The Morgan fingerprint density at radius 2 is 1.79 bits per heavy atom. The van der Waals surface area contributed by atoms with Crippen molar-refractivity contribution in [2.75, 3.05) is 4.90 Å². The fraction of sp³-hybridized carbons (Fsp3) is 0.346. The first-order chi connectivity index (χ1) is 14.2. The number of anilines is 1. The third-order valence-electron chi connectivity index (χ3n) is 7.28. The molecule has 2 aromatic carbocycles. The first-order valence-corrected chi connectivity index (χ1v) is 10.9. The van der Waals surface area contributed by atoms with Gasteiger partial charge >= 0.3 is 0 Å². The smallest absolute Gasteiger partial charge is 0.227 e. The largest absolute Gasteiger partial charge is 0.436 e. The maximum absolute atomic E-state index is 6.41. The first kappa shape index (κ1) is 17.1. The first-order valence-electron chi connectivity index (χ1n) is 10.9. The molecule has 0 saturated heterocycles. The second-order valence-electron chi connectivity index (χ2n) is 8.79. The maximum atomic E-state index is 6.41. The lowest BCUT2D eigenvalue weighted by molar-refractivity contribution is 0.284. The van der Waals surface area contributed by atoms with E-state index in [2.05, 4.69) is 66.2 Å². The Morgan fingerprint density at radius 3 is 2.66 bits per heavy atom. The quantitative estimate of drug-likeness (QED) is 0.354. The highest BCUT2D eigenvalue weighted by molar-refractivity contribution is 6.08. The molecule has 0 radical (unpaired) electrons. The van der Waals surface area contributed by atoms with Gasteiger partial charge in [-0.25, -0.2) is 4.98 Å². The van der Waals surface area contributed by atoms with E-state index in [0.29, 0.717) is 6.04 Å². The van der Waals surface area contributed by atoms with Crippen LogP contribution in [0, 0.1) is 6.92 Å². The zero-order valence-electron chi connectivity index (χ0n) is 17.1. The minimum atomic E-state index is 0.0692. The lowest BCUT2D eigenvalue weighted by Crippen LogP contribution is -2.44. The fourth-order valence-electron chi connectivity index (χ4n) is 6.04. The predicted molar refractivity (Wildman–Crippen MR) is 118 cm³/mol. The van der Waals surface area contributed by atoms with Crippen molar-refractivity contribution in [1.29, 1.82) is 0 Å². The molecule has 2 aliphatic rings. The van der Waals surface area contributed by atoms with Crippen LogP contribution in [-0.4, -0.2) is 4.98 Å². The molecule has 1 saturated carbocycles. The van der Waals surface area contributed by atoms with Crippen LogP contribution in [0.2, 0.25) is 0 Å². The summed E-state index contributed by atoms with van der Waals surface area (Å²) < 4.78 is 6.41. The highest BCUT2D eigenvalue weighted by Gasteiger charge is 2.50. The van der Waals surface area contributed by atoms with Crippen molar-refractivity contribution in [1.82, 2.24) is 4.98 Å². The van der Waals surface area contributed by atoms with Gasteiger partial charge < -0.3 is 9.32 Å². The number of benzene rings is 2. The molecule has 1 atom stereocenters. The molecule has 0 bridgehead atoms. The molecule has 1 aliphatic carbocycles. The van der Waals surface area contributed by atoms with E-state index in [1.165, 1.54) is 59.9 Å². The molecule has 29 heavy (non-hydrogen) atoms. The highest BCUT2D eigenvalue weighted by Crippen LogP contribution is 2.57. The number of aromatic nitrogens is 1. The molecule has 1 aliphatic heterocycles. The lowest BCUT2D eigenvalue weighted by atomic mass is 9.76. The van der Waals surface area contributed by atoms with Crippen LogP contribution in [0.3, 0.4) is 0 Å². The van der Waals surface area contributed by atoms with Crippen LogP contribution in [0.1, 0.15) is 61.8 Å². The van der Waals surface area contributed by atoms with E-state index in [0.717, 1.165) is 16.7 Å². The van der Waals surface area contributed by atoms with Crippen LogP contribution >= 0.6 is 0 Å². The van der Waals surface area contributed by atoms with Crippen molar-refractivity contribution in [2.45, 2.75) is 57.5 Å². The van der Waals surface area contributed by atoms with Gasteiger partial charge in [0.1, 0.15) is 0 Å². The zero-order chi connectivity index (χ0) is 19.6. The Hall–Kier alpha value is -2.81. The van der Waals surface area contributed by atoms with Crippen LogP contribution in [-0.2, 0) is 5.54 Å². The molecule has 0 amide bonds. The molecule has 1 fully saturated rings. The van der Waals surface area contributed by atoms with Crippen LogP contribution in [0.15, 0.2) is 59.1 Å². The van der Waals surface area contributed by atoms with Crippen molar-refractivity contribution in [2.24, 2.45) is 0 Å². The molecule has 0 unspecified atom stereocenters. The van der Waals surface area contributed by atoms with Gasteiger partial charge in [0.05, 0.1) is 17.3 Å². The molecule has 3 nitrogen and oxygen atoms in total. The molecule has 4 aromatic rings. The summed E-state index contributed by atoms with van der Waals surface area (Å²) in [5.74, 6) is 0. The van der Waals surface area contributed by atoms with Crippen molar-refractivity contribution >= 4 is 27.8 Å². The standard InChI is InChI=1S/C26H26N2O/c1-17-12-13-20-21-10-8-16-27-25(21)29-24(20)23(17)28-18(2)19-9-4-5-11-22(19)26(28)14-6-3-7-15-26/h4-5,8-13,16,18H,3,6-7,14-15H2,1-2H3/t18-/m0/s1. The SMILES string of the molecule is Cc1ccc2c(oc3ncccc32)c1N1[C@@H](C)c2ccccc2C12CCCCC2. The average molecular weight is 383 g/mol. The number of furan rings is 1. The lowest BCUT2D eigenvalue weighted by Gasteiger charge is -2.46. The van der Waals surface area contributed by atoms with Crippen molar-refractivity contribution in [3.05, 3.63) is 71.4 Å². The summed E-state index contributed by atoms with van der Waals surface area (Å²) in [5.41, 5.74) is 7.32. The normalized spacial score (nSPS) is 20.6. The zero-order valence-corrected chi connectivity index (χ0v) is 17.1. The molecule has 6 rings (SSSR count). The van der Waals surface area contributed by atoms with Crippen molar-refractivity contribution in [3.8, 4) is 0 Å². The minimum absolute atomic E-state index is 0.0692. The summed E-state index contributed by atoms with van der Waals surface area (Å²) in [4.78, 5) is 7.20. The summed E-state index contributed by atoms with van der Waals surface area (Å²) in [6.45, 7) is 4.59. The van der Waals surface area contributed by atoms with Gasteiger partial charge in [-0.3, -0.25) is 0 Å². The third-order valence-corrected chi connectivity index (χ3v) is 7.28. The summed E-state index contributed by atoms with van der Waals surface area (Å²) in [6.07, 6.45) is 8.14. The number of hydrogen-bond donors (Lipinski definition) is 0. The second kappa shape index (κ2) is 6.09. The van der Waals surface area contributed by atoms with E-state index < -0.39 is 0 Å². The third kappa shape index (κ3) is 2.22. The van der Waals surface area contributed by atoms with Crippen LogP contribution < -0.4 is 4.90 Å². The fourth-order valence-corrected chi connectivity index (χ4v) is 6.04. The number of pyridine rings is 1. The molecule has 2 aromatic heterocycles. The number of fused-ring (bicyclic) bond motifs is 5. The van der Waals surface area contributed by atoms with Gasteiger partial charge in [-0.1, -0.05) is 55.7 Å². The van der Waals surface area contributed by atoms with Crippen LogP contribution in [0.5, 0.6) is 0 Å². The number of hydrogen-bond acceptors (Lipinski definition) is 3.